The summed E-state index contributed by atoms with van der Waals surface area (Å²) in [6.45, 7) is 7.30. The second-order valence-corrected chi connectivity index (χ2v) is 9.06. The fourth-order valence-electron chi connectivity index (χ4n) is 5.38. The molecule has 200 valence electrons. The number of para-hydroxylation sites is 1. The third kappa shape index (κ3) is 4.92. The molecule has 2 aliphatic rings. The predicted molar refractivity (Wildman–Crippen MR) is 140 cm³/mol. The Morgan fingerprint density at radius 3 is 2.29 bits per heavy atom. The lowest BCUT2D eigenvalue weighted by atomic mass is 9.79. The standard InChI is InChI=1S/C28H32N4O6/c1-5-38-28(34)25-19(3)31(30-16-15-29-17-23(30)20-11-7-6-8-12-20)18(2)24(27(33)37-4)26(25)21-13-9-10-14-22(21)32(35)36/h6-14,23,26,29H,5,15-17H2,1-4H3. The highest BCUT2D eigenvalue weighted by atomic mass is 16.6. The zero-order chi connectivity index (χ0) is 27.4. The van der Waals surface area contributed by atoms with Crippen molar-refractivity contribution >= 4 is 17.6 Å². The lowest BCUT2D eigenvalue weighted by Gasteiger charge is -2.48. The van der Waals surface area contributed by atoms with Gasteiger partial charge in [-0.05, 0) is 26.3 Å². The Balaban J connectivity index is 1.98. The van der Waals surface area contributed by atoms with Crippen LogP contribution in [-0.2, 0) is 19.1 Å². The molecule has 0 amide bonds. The number of piperazine rings is 1. The predicted octanol–water partition coefficient (Wildman–Crippen LogP) is 3.84. The quantitative estimate of drug-likeness (QED) is 0.330. The zero-order valence-corrected chi connectivity index (χ0v) is 22.0. The fraction of sp³-hybridized carbons (Fsp3) is 0.357. The summed E-state index contributed by atoms with van der Waals surface area (Å²) in [6, 6.07) is 16.0. The van der Waals surface area contributed by atoms with Gasteiger partial charge >= 0.3 is 11.9 Å². The molecule has 0 radical (unpaired) electrons. The van der Waals surface area contributed by atoms with Crippen molar-refractivity contribution < 1.29 is 24.0 Å². The van der Waals surface area contributed by atoms with Crippen molar-refractivity contribution in [3.63, 3.8) is 0 Å². The minimum Gasteiger partial charge on any atom is -0.466 e. The summed E-state index contributed by atoms with van der Waals surface area (Å²) in [5, 5.41) is 19.4. The number of nitrogens with one attached hydrogen (secondary N) is 1. The van der Waals surface area contributed by atoms with Crippen LogP contribution in [0.1, 0.15) is 43.9 Å². The van der Waals surface area contributed by atoms with Crippen LogP contribution in [0.25, 0.3) is 0 Å². The molecule has 2 aromatic carbocycles. The monoisotopic (exact) mass is 520 g/mol. The van der Waals surface area contributed by atoms with Gasteiger partial charge in [0.05, 0.1) is 41.7 Å². The Labute approximate surface area is 221 Å². The van der Waals surface area contributed by atoms with Gasteiger partial charge in [-0.1, -0.05) is 48.5 Å². The maximum absolute atomic E-state index is 13.5. The molecule has 0 aliphatic carbocycles. The molecule has 10 heteroatoms. The van der Waals surface area contributed by atoms with Crippen molar-refractivity contribution in [2.24, 2.45) is 0 Å². The van der Waals surface area contributed by atoms with Crippen LogP contribution in [0.15, 0.2) is 77.1 Å². The summed E-state index contributed by atoms with van der Waals surface area (Å²) in [7, 11) is 1.26. The van der Waals surface area contributed by atoms with Gasteiger partial charge in [-0.15, -0.1) is 0 Å². The minimum atomic E-state index is -1.04. The molecular weight excluding hydrogens is 488 g/mol. The molecule has 0 spiro atoms. The van der Waals surface area contributed by atoms with Crippen LogP contribution in [0.5, 0.6) is 0 Å². The Hall–Kier alpha value is -4.02. The van der Waals surface area contributed by atoms with Gasteiger partial charge in [0.2, 0.25) is 0 Å². The normalized spacial score (nSPS) is 20.4. The number of esters is 2. The lowest BCUT2D eigenvalue weighted by molar-refractivity contribution is -0.385. The van der Waals surface area contributed by atoms with E-state index in [4.69, 9.17) is 9.47 Å². The van der Waals surface area contributed by atoms with Gasteiger partial charge in [0.25, 0.3) is 5.69 Å². The van der Waals surface area contributed by atoms with E-state index in [0.29, 0.717) is 31.0 Å². The van der Waals surface area contributed by atoms with E-state index in [1.165, 1.54) is 13.2 Å². The van der Waals surface area contributed by atoms with E-state index in [-0.39, 0.29) is 35.0 Å². The number of carbonyl (C=O) groups is 2. The Morgan fingerprint density at radius 1 is 1.03 bits per heavy atom. The molecule has 2 heterocycles. The van der Waals surface area contributed by atoms with Gasteiger partial charge in [-0.25, -0.2) is 14.6 Å². The van der Waals surface area contributed by atoms with E-state index < -0.39 is 22.8 Å². The number of benzene rings is 2. The third-order valence-corrected chi connectivity index (χ3v) is 6.99. The van der Waals surface area contributed by atoms with Crippen molar-refractivity contribution in [1.82, 2.24) is 15.3 Å². The summed E-state index contributed by atoms with van der Waals surface area (Å²) in [5.74, 6) is -2.35. The number of methoxy groups -OCH3 is 1. The first kappa shape index (κ1) is 27.0. The van der Waals surface area contributed by atoms with Crippen LogP contribution >= 0.6 is 0 Å². The van der Waals surface area contributed by atoms with Gasteiger partial charge in [0.1, 0.15) is 0 Å². The molecule has 4 rings (SSSR count). The van der Waals surface area contributed by atoms with Crippen molar-refractivity contribution in [3.05, 3.63) is 98.4 Å². The second-order valence-electron chi connectivity index (χ2n) is 9.06. The van der Waals surface area contributed by atoms with Crippen LogP contribution in [0.4, 0.5) is 5.69 Å². The molecule has 38 heavy (non-hydrogen) atoms. The number of carbonyl (C=O) groups excluding carboxylic acids is 2. The summed E-state index contributed by atoms with van der Waals surface area (Å²) < 4.78 is 10.6. The number of ether oxygens (including phenoxy) is 2. The topological polar surface area (TPSA) is 114 Å². The first-order valence-corrected chi connectivity index (χ1v) is 12.5. The molecule has 2 unspecified atom stereocenters. The average Bonchev–Trinajstić information content (AvgIpc) is 2.93. The molecule has 0 aromatic heterocycles. The number of nitrogens with zero attached hydrogens (tertiary/aromatic N) is 3. The Bertz CT molecular complexity index is 1290. The van der Waals surface area contributed by atoms with E-state index in [1.54, 1.807) is 39.0 Å². The van der Waals surface area contributed by atoms with E-state index in [0.717, 1.165) is 5.56 Å². The second kappa shape index (κ2) is 11.6. The number of rotatable bonds is 7. The highest BCUT2D eigenvalue weighted by molar-refractivity contribution is 6.00. The first-order chi connectivity index (χ1) is 18.3. The largest absolute Gasteiger partial charge is 0.466 e. The zero-order valence-electron chi connectivity index (χ0n) is 22.0. The summed E-state index contributed by atoms with van der Waals surface area (Å²) in [6.07, 6.45) is 0. The molecular formula is C28H32N4O6. The van der Waals surface area contributed by atoms with E-state index in [1.807, 2.05) is 35.3 Å². The van der Waals surface area contributed by atoms with Gasteiger partial charge in [0.15, 0.2) is 0 Å². The van der Waals surface area contributed by atoms with Crippen LogP contribution in [0, 0.1) is 10.1 Å². The van der Waals surface area contributed by atoms with Gasteiger partial charge in [0, 0.05) is 42.7 Å². The number of allylic oxidation sites excluding steroid dienone is 2. The Morgan fingerprint density at radius 2 is 1.66 bits per heavy atom. The molecule has 0 saturated carbocycles. The van der Waals surface area contributed by atoms with Crippen LogP contribution < -0.4 is 5.32 Å². The average molecular weight is 521 g/mol. The highest BCUT2D eigenvalue weighted by Gasteiger charge is 2.45. The van der Waals surface area contributed by atoms with Crippen molar-refractivity contribution in [2.75, 3.05) is 33.4 Å². The van der Waals surface area contributed by atoms with Crippen molar-refractivity contribution in [2.45, 2.75) is 32.7 Å². The molecule has 1 fully saturated rings. The van der Waals surface area contributed by atoms with Gasteiger partial charge < -0.3 is 14.8 Å². The molecule has 2 aromatic rings. The summed E-state index contributed by atoms with van der Waals surface area (Å²) >= 11 is 0. The fourth-order valence-corrected chi connectivity index (χ4v) is 5.38. The molecule has 2 aliphatic heterocycles. The van der Waals surface area contributed by atoms with E-state index in [9.17, 15) is 19.7 Å². The maximum Gasteiger partial charge on any atom is 0.336 e. The van der Waals surface area contributed by atoms with Crippen molar-refractivity contribution in [3.8, 4) is 0 Å². The number of hydrogen-bond donors (Lipinski definition) is 1. The Kier molecular flexibility index (Phi) is 8.23. The van der Waals surface area contributed by atoms with Gasteiger partial charge in [-0.3, -0.25) is 15.1 Å². The number of nitro benzene ring substituents is 1. The van der Waals surface area contributed by atoms with E-state index >= 15 is 0 Å². The van der Waals surface area contributed by atoms with E-state index in [2.05, 4.69) is 10.3 Å². The van der Waals surface area contributed by atoms with Crippen LogP contribution in [0.2, 0.25) is 0 Å². The first-order valence-electron chi connectivity index (χ1n) is 12.5. The molecule has 2 atom stereocenters. The van der Waals surface area contributed by atoms with Crippen molar-refractivity contribution in [1.29, 1.82) is 0 Å². The number of nitro groups is 1. The summed E-state index contributed by atoms with van der Waals surface area (Å²) in [5.41, 5.74) is 2.49. The third-order valence-electron chi connectivity index (χ3n) is 6.99. The number of hydrogen-bond acceptors (Lipinski definition) is 9. The molecule has 1 saturated heterocycles. The van der Waals surface area contributed by atoms with Crippen LogP contribution in [0.3, 0.4) is 0 Å². The number of hydrazine groups is 1. The minimum absolute atomic E-state index is 0.0974. The maximum atomic E-state index is 13.5. The molecule has 10 nitrogen and oxygen atoms in total. The highest BCUT2D eigenvalue weighted by Crippen LogP contribution is 2.47. The molecule has 1 N–H and O–H groups in total. The van der Waals surface area contributed by atoms with Gasteiger partial charge in [-0.2, -0.15) is 0 Å². The smallest absolute Gasteiger partial charge is 0.336 e. The summed E-state index contributed by atoms with van der Waals surface area (Å²) in [4.78, 5) is 38.4. The molecule has 0 bridgehead atoms. The van der Waals surface area contributed by atoms with Crippen LogP contribution in [-0.4, -0.2) is 60.2 Å². The lowest BCUT2D eigenvalue weighted by Crippen LogP contribution is -2.54. The SMILES string of the molecule is CCOC(=O)C1=C(C)N(N2CCNCC2c2ccccc2)C(C)=C(C(=O)OC)C1c1ccccc1[N+](=O)[O-].